The summed E-state index contributed by atoms with van der Waals surface area (Å²) in [5, 5.41) is 23.9. The molecule has 0 aliphatic carbocycles. The lowest BCUT2D eigenvalue weighted by molar-refractivity contribution is -0.0953. The fourth-order valence-electron chi connectivity index (χ4n) is 4.60. The van der Waals surface area contributed by atoms with Gasteiger partial charge in [0.2, 0.25) is 0 Å². The molecular weight excluding hydrogens is 535 g/mol. The van der Waals surface area contributed by atoms with Crippen LogP contribution in [0.4, 0.5) is 5.82 Å². The third-order valence-corrected chi connectivity index (χ3v) is 9.01. The van der Waals surface area contributed by atoms with Gasteiger partial charge in [-0.05, 0) is 24.4 Å². The summed E-state index contributed by atoms with van der Waals surface area (Å²) in [6.45, 7) is 1.19. The SMILES string of the molecule is C[C@@]1(O)[C@H](O)[C@@H](COP2(=O)OCCC(c3cncc(-c4cccs4)c3)O2)O[C@H]1n1cnc2c(N)ncnc21. The van der Waals surface area contributed by atoms with Crippen molar-refractivity contribution in [2.75, 3.05) is 18.9 Å². The number of pyridine rings is 1. The summed E-state index contributed by atoms with van der Waals surface area (Å²) in [6.07, 6.45) is 2.43. The van der Waals surface area contributed by atoms with Gasteiger partial charge < -0.3 is 20.7 Å². The minimum atomic E-state index is -4.01. The van der Waals surface area contributed by atoms with Crippen LogP contribution in [0.5, 0.6) is 0 Å². The summed E-state index contributed by atoms with van der Waals surface area (Å²) in [7, 11) is -4.01. The van der Waals surface area contributed by atoms with Crippen LogP contribution in [0.1, 0.15) is 31.2 Å². The highest BCUT2D eigenvalue weighted by Crippen LogP contribution is 2.57. The van der Waals surface area contributed by atoms with Gasteiger partial charge in [0.05, 0.1) is 25.6 Å². The van der Waals surface area contributed by atoms with Gasteiger partial charge >= 0.3 is 7.82 Å². The van der Waals surface area contributed by atoms with Crippen LogP contribution in [-0.2, 0) is 22.9 Å². The van der Waals surface area contributed by atoms with Crippen molar-refractivity contribution in [3.8, 4) is 10.4 Å². The predicted octanol–water partition coefficient (Wildman–Crippen LogP) is 2.84. The van der Waals surface area contributed by atoms with E-state index in [9.17, 15) is 14.8 Å². The van der Waals surface area contributed by atoms with Crippen molar-refractivity contribution in [3.05, 3.63) is 54.2 Å². The lowest BCUT2D eigenvalue weighted by Gasteiger charge is -2.30. The van der Waals surface area contributed by atoms with Crippen LogP contribution < -0.4 is 5.73 Å². The van der Waals surface area contributed by atoms with Gasteiger partial charge in [0.15, 0.2) is 17.7 Å². The Kier molecular flexibility index (Phi) is 6.53. The molecule has 2 aliphatic heterocycles. The Labute approximate surface area is 220 Å². The molecule has 0 spiro atoms. The number of rotatable bonds is 6. The molecule has 0 radical (unpaired) electrons. The first-order valence-electron chi connectivity index (χ1n) is 11.8. The number of fused-ring (bicyclic) bond motifs is 1. The Bertz CT molecular complexity index is 1500. The molecule has 6 atom stereocenters. The molecular formula is C23H25N6O7PS. The molecule has 0 saturated carbocycles. The number of phosphoric ester groups is 1. The van der Waals surface area contributed by atoms with Crippen LogP contribution in [0.2, 0.25) is 0 Å². The summed E-state index contributed by atoms with van der Waals surface area (Å²) < 4.78 is 37.5. The number of aliphatic hydroxyl groups is 2. The number of hydrogen-bond donors (Lipinski definition) is 3. The lowest BCUT2D eigenvalue weighted by atomic mass is 9.96. The number of nitrogen functional groups attached to an aromatic ring is 1. The van der Waals surface area contributed by atoms with E-state index in [2.05, 4.69) is 19.9 Å². The average molecular weight is 561 g/mol. The number of aromatic nitrogens is 5. The Morgan fingerprint density at radius 1 is 1.34 bits per heavy atom. The number of thiophene rings is 1. The third kappa shape index (κ3) is 4.52. The van der Waals surface area contributed by atoms with E-state index < -0.39 is 38.0 Å². The molecule has 0 amide bonds. The number of phosphoric acid groups is 1. The van der Waals surface area contributed by atoms with E-state index in [-0.39, 0.29) is 19.0 Å². The van der Waals surface area contributed by atoms with E-state index in [0.717, 1.165) is 16.0 Å². The maximum absolute atomic E-state index is 13.3. The summed E-state index contributed by atoms with van der Waals surface area (Å²) in [5.74, 6) is 0.169. The molecule has 6 rings (SSSR count). The van der Waals surface area contributed by atoms with E-state index in [1.54, 1.807) is 23.7 Å². The van der Waals surface area contributed by atoms with E-state index in [0.29, 0.717) is 17.6 Å². The summed E-state index contributed by atoms with van der Waals surface area (Å²) in [5.41, 5.74) is 6.43. The first-order valence-corrected chi connectivity index (χ1v) is 14.1. The molecule has 2 unspecified atom stereocenters. The maximum atomic E-state index is 13.3. The van der Waals surface area contributed by atoms with Crippen molar-refractivity contribution < 1.29 is 33.1 Å². The zero-order valence-electron chi connectivity index (χ0n) is 20.2. The van der Waals surface area contributed by atoms with Crippen LogP contribution in [-0.4, -0.2) is 65.7 Å². The highest BCUT2D eigenvalue weighted by atomic mass is 32.1. The standard InChI is InChI=1S/C23H25N6O7PS/c1-23(31)19(30)16(35-22(23)29-12-28-18-20(24)26-11-27-21(18)29)10-34-37(32)33-5-4-15(36-37)13-7-14(9-25-8-13)17-3-2-6-38-17/h2-3,6-9,11-12,15-16,19,22,30-31H,4-5,10H2,1H3,(H2,24,26,27)/t15?,16-,19-,22-,23-,37?/m1/s1. The second kappa shape index (κ2) is 9.74. The summed E-state index contributed by atoms with van der Waals surface area (Å²) >= 11 is 1.59. The minimum Gasteiger partial charge on any atom is -0.387 e. The van der Waals surface area contributed by atoms with Gasteiger partial charge in [0.1, 0.15) is 29.7 Å². The number of ether oxygens (including phenoxy) is 1. The average Bonchev–Trinajstić information content (AvgIpc) is 3.64. The molecule has 38 heavy (non-hydrogen) atoms. The second-order valence-electron chi connectivity index (χ2n) is 9.22. The molecule has 0 bridgehead atoms. The Balaban J connectivity index is 1.16. The van der Waals surface area contributed by atoms with Crippen LogP contribution in [0.3, 0.4) is 0 Å². The third-order valence-electron chi connectivity index (χ3n) is 6.61. The van der Waals surface area contributed by atoms with Gasteiger partial charge in [-0.25, -0.2) is 19.5 Å². The zero-order chi connectivity index (χ0) is 26.5. The topological polar surface area (TPSA) is 177 Å². The van der Waals surface area contributed by atoms with Gasteiger partial charge in [-0.3, -0.25) is 23.1 Å². The van der Waals surface area contributed by atoms with Crippen molar-refractivity contribution in [1.29, 1.82) is 0 Å². The van der Waals surface area contributed by atoms with Gasteiger partial charge in [0, 0.05) is 34.8 Å². The highest BCUT2D eigenvalue weighted by Gasteiger charge is 2.54. The van der Waals surface area contributed by atoms with Crippen LogP contribution in [0.25, 0.3) is 21.6 Å². The van der Waals surface area contributed by atoms with Gasteiger partial charge in [-0.2, -0.15) is 0 Å². The molecule has 2 aliphatic rings. The van der Waals surface area contributed by atoms with Gasteiger partial charge in [0.25, 0.3) is 0 Å². The van der Waals surface area contributed by atoms with Gasteiger partial charge in [-0.15, -0.1) is 11.3 Å². The summed E-state index contributed by atoms with van der Waals surface area (Å²) in [6, 6.07) is 5.89. The summed E-state index contributed by atoms with van der Waals surface area (Å²) in [4.78, 5) is 17.6. The Hall–Kier alpha value is -2.81. The van der Waals surface area contributed by atoms with Crippen molar-refractivity contribution in [2.24, 2.45) is 0 Å². The Morgan fingerprint density at radius 2 is 2.21 bits per heavy atom. The number of aliphatic hydroxyl groups excluding tert-OH is 1. The molecule has 6 heterocycles. The number of nitrogens with zero attached hydrogens (tertiary/aromatic N) is 5. The van der Waals surface area contributed by atoms with Crippen molar-refractivity contribution in [3.63, 3.8) is 0 Å². The quantitative estimate of drug-likeness (QED) is 0.294. The van der Waals surface area contributed by atoms with Crippen LogP contribution in [0.15, 0.2) is 48.6 Å². The fourth-order valence-corrected chi connectivity index (χ4v) is 6.70. The Morgan fingerprint density at radius 3 is 3.03 bits per heavy atom. The molecule has 4 N–H and O–H groups in total. The molecule has 13 nitrogen and oxygen atoms in total. The lowest BCUT2D eigenvalue weighted by Crippen LogP contribution is -2.44. The van der Waals surface area contributed by atoms with Gasteiger partial charge in [-0.1, -0.05) is 6.07 Å². The molecule has 4 aromatic rings. The first kappa shape index (κ1) is 25.5. The monoisotopic (exact) mass is 560 g/mol. The number of hydrogen-bond acceptors (Lipinski definition) is 13. The molecule has 0 aromatic carbocycles. The normalized spacial score (nSPS) is 31.7. The van der Waals surface area contributed by atoms with Crippen LogP contribution in [0, 0.1) is 0 Å². The van der Waals surface area contributed by atoms with Crippen molar-refractivity contribution in [1.82, 2.24) is 24.5 Å². The fraction of sp³-hybridized carbons (Fsp3) is 0.391. The number of imidazole rings is 1. The van der Waals surface area contributed by atoms with E-state index in [1.165, 1.54) is 24.1 Å². The molecule has 15 heteroatoms. The molecule has 200 valence electrons. The maximum Gasteiger partial charge on any atom is 0.475 e. The smallest absolute Gasteiger partial charge is 0.387 e. The predicted molar refractivity (Wildman–Crippen MR) is 136 cm³/mol. The molecule has 2 saturated heterocycles. The number of nitrogens with two attached hydrogens (primary N) is 1. The van der Waals surface area contributed by atoms with Crippen molar-refractivity contribution >= 4 is 36.1 Å². The highest BCUT2D eigenvalue weighted by molar-refractivity contribution is 7.48. The minimum absolute atomic E-state index is 0.141. The number of anilines is 1. The second-order valence-corrected chi connectivity index (χ2v) is 11.8. The van der Waals surface area contributed by atoms with Crippen LogP contribution >= 0.6 is 19.2 Å². The zero-order valence-corrected chi connectivity index (χ0v) is 21.9. The largest absolute Gasteiger partial charge is 0.475 e. The van der Waals surface area contributed by atoms with E-state index in [4.69, 9.17) is 24.0 Å². The first-order chi connectivity index (χ1) is 18.2. The molecule has 2 fully saturated rings. The van der Waals surface area contributed by atoms with Crippen molar-refractivity contribution in [2.45, 2.75) is 43.5 Å². The molecule has 4 aromatic heterocycles. The van der Waals surface area contributed by atoms with E-state index >= 15 is 0 Å². The van der Waals surface area contributed by atoms with E-state index in [1.807, 2.05) is 23.6 Å².